The monoisotopic (exact) mass is 388 g/mol. The van der Waals surface area contributed by atoms with Gasteiger partial charge in [-0.25, -0.2) is 0 Å². The Kier molecular flexibility index (Phi) is 9.29. The van der Waals surface area contributed by atoms with Crippen molar-refractivity contribution in [3.63, 3.8) is 0 Å². The molecule has 1 aliphatic carbocycles. The first kappa shape index (κ1) is 20.6. The summed E-state index contributed by atoms with van der Waals surface area (Å²) in [6.45, 7) is 6.54. The third kappa shape index (κ3) is 7.29. The summed E-state index contributed by atoms with van der Waals surface area (Å²) in [4.78, 5) is 0. The van der Waals surface area contributed by atoms with Crippen LogP contribution in [-0.2, 0) is 13.4 Å². The number of halogens is 2. The second kappa shape index (κ2) is 10.4. The fourth-order valence-electron chi connectivity index (χ4n) is 2.77. The Morgan fingerprint density at radius 1 is 1.22 bits per heavy atom. The summed E-state index contributed by atoms with van der Waals surface area (Å²) in [5.74, 6) is 0.482. The normalized spacial score (nSPS) is 16.0. The molecule has 0 spiro atoms. The van der Waals surface area contributed by atoms with Gasteiger partial charge >= 0.3 is 33.5 Å². The Hall–Kier alpha value is -0.488. The molecule has 1 aliphatic rings. The minimum absolute atomic E-state index is 0.167. The molecule has 4 heteroatoms. The Morgan fingerprint density at radius 3 is 2.22 bits per heavy atom. The van der Waals surface area contributed by atoms with Crippen molar-refractivity contribution in [2.75, 3.05) is 0 Å². The molecular formula is C19H24Cl2CrN. The summed E-state index contributed by atoms with van der Waals surface area (Å²) in [6, 6.07) is 10.3. The van der Waals surface area contributed by atoms with Gasteiger partial charge in [-0.1, -0.05) is 81.5 Å². The summed E-state index contributed by atoms with van der Waals surface area (Å²) in [5, 5.41) is 0. The van der Waals surface area contributed by atoms with Gasteiger partial charge in [0.05, 0.1) is 0 Å². The van der Waals surface area contributed by atoms with Crippen molar-refractivity contribution in [1.82, 2.24) is 0 Å². The van der Waals surface area contributed by atoms with E-state index in [0.29, 0.717) is 5.92 Å². The van der Waals surface area contributed by atoms with Crippen molar-refractivity contribution in [1.29, 1.82) is 0 Å². The Bertz CT molecular complexity index is 536. The van der Waals surface area contributed by atoms with E-state index in [1.165, 1.54) is 11.1 Å². The van der Waals surface area contributed by atoms with Gasteiger partial charge in [0.25, 0.3) is 0 Å². The number of allylic oxidation sites excluding steroid dienone is 5. The van der Waals surface area contributed by atoms with Crippen molar-refractivity contribution >= 4 is 25.7 Å². The van der Waals surface area contributed by atoms with Gasteiger partial charge in [0.15, 0.2) is 0 Å². The van der Waals surface area contributed by atoms with Gasteiger partial charge in [-0.05, 0) is 23.0 Å². The molecule has 2 rings (SSSR count). The zero-order valence-corrected chi connectivity index (χ0v) is 16.6. The van der Waals surface area contributed by atoms with Gasteiger partial charge < -0.3 is 5.73 Å². The quantitative estimate of drug-likeness (QED) is 0.516. The molecule has 1 unspecified atom stereocenters. The van der Waals surface area contributed by atoms with E-state index in [9.17, 15) is 0 Å². The molecule has 125 valence electrons. The van der Waals surface area contributed by atoms with Crippen LogP contribution in [0.2, 0.25) is 0 Å². The van der Waals surface area contributed by atoms with Crippen molar-refractivity contribution in [3.8, 4) is 0 Å². The number of rotatable bonds is 5. The van der Waals surface area contributed by atoms with Crippen LogP contribution in [0, 0.1) is 11.3 Å². The van der Waals surface area contributed by atoms with E-state index in [1.807, 2.05) is 13.0 Å². The van der Waals surface area contributed by atoms with Gasteiger partial charge in [0, 0.05) is 5.92 Å². The van der Waals surface area contributed by atoms with E-state index in [1.54, 1.807) is 0 Å². The van der Waals surface area contributed by atoms with Crippen LogP contribution < -0.4 is 0 Å². The SMILES string of the molecule is CC([NH-])C=C(CC(C)(C)C1C=CC=C1)c1ccccc1.[Cl][Cr+][Cl]. The maximum absolute atomic E-state index is 7.87. The molecule has 23 heavy (non-hydrogen) atoms. The van der Waals surface area contributed by atoms with Crippen molar-refractivity contribution in [3.05, 3.63) is 72.0 Å². The summed E-state index contributed by atoms with van der Waals surface area (Å²) in [6.07, 6.45) is 11.9. The molecule has 1 N–H and O–H groups in total. The van der Waals surface area contributed by atoms with Crippen molar-refractivity contribution < 1.29 is 13.4 Å². The molecule has 0 bridgehead atoms. The fourth-order valence-corrected chi connectivity index (χ4v) is 2.77. The molecule has 0 saturated carbocycles. The van der Waals surface area contributed by atoms with E-state index in [4.69, 9.17) is 25.8 Å². The van der Waals surface area contributed by atoms with Crippen molar-refractivity contribution in [2.24, 2.45) is 11.3 Å². The molecule has 1 aromatic rings. The molecular weight excluding hydrogens is 365 g/mol. The first-order chi connectivity index (χ1) is 10.9. The first-order valence-corrected chi connectivity index (χ1v) is 11.1. The maximum atomic E-state index is 7.87. The molecule has 0 radical (unpaired) electrons. The summed E-state index contributed by atoms with van der Waals surface area (Å²) >= 11 is -0.181. The third-order valence-corrected chi connectivity index (χ3v) is 3.89. The predicted octanol–water partition coefficient (Wildman–Crippen LogP) is 7.05. The topological polar surface area (TPSA) is 23.8 Å². The Balaban J connectivity index is 0.000000816. The zero-order chi connectivity index (χ0) is 17.3. The zero-order valence-electron chi connectivity index (χ0n) is 13.8. The molecule has 0 fully saturated rings. The molecule has 0 heterocycles. The van der Waals surface area contributed by atoms with Crippen LogP contribution in [-0.4, -0.2) is 6.04 Å². The number of benzene rings is 1. The van der Waals surface area contributed by atoms with E-state index < -0.39 is 0 Å². The van der Waals surface area contributed by atoms with Gasteiger partial charge in [-0.15, -0.1) is 6.04 Å². The first-order valence-electron chi connectivity index (χ1n) is 7.62. The van der Waals surface area contributed by atoms with Crippen LogP contribution in [0.1, 0.15) is 32.8 Å². The minimum atomic E-state index is -0.181. The molecule has 0 amide bonds. The van der Waals surface area contributed by atoms with E-state index in [-0.39, 0.29) is 24.8 Å². The van der Waals surface area contributed by atoms with Crippen LogP contribution >= 0.6 is 20.1 Å². The number of hydrogen-bond donors (Lipinski definition) is 0. The van der Waals surface area contributed by atoms with Crippen molar-refractivity contribution in [2.45, 2.75) is 33.2 Å². The molecule has 0 saturated heterocycles. The second-order valence-electron chi connectivity index (χ2n) is 6.37. The standard InChI is InChI=1S/C19H24N.2ClH.Cr/c1-15(20)13-17(16-9-5-4-6-10-16)14-19(2,3)18-11-7-8-12-18;;;/h4-13,15,18,20H,14H2,1-3H3;2*1H;/q-1;;;+3/p-2. The number of nitrogens with one attached hydrogen (secondary N) is 1. The van der Waals surface area contributed by atoms with Crippen LogP contribution in [0.15, 0.2) is 60.7 Å². The molecule has 0 aromatic heterocycles. The summed E-state index contributed by atoms with van der Waals surface area (Å²) < 4.78 is 0. The van der Waals surface area contributed by atoms with Gasteiger partial charge in [-0.2, -0.15) is 0 Å². The third-order valence-electron chi connectivity index (χ3n) is 3.89. The average Bonchev–Trinajstić information content (AvgIpc) is 3.03. The Morgan fingerprint density at radius 2 is 1.74 bits per heavy atom. The van der Waals surface area contributed by atoms with Crippen LogP contribution in [0.4, 0.5) is 0 Å². The van der Waals surface area contributed by atoms with E-state index in [2.05, 4.69) is 68.5 Å². The molecule has 0 aliphatic heterocycles. The van der Waals surface area contributed by atoms with E-state index >= 15 is 0 Å². The van der Waals surface area contributed by atoms with Gasteiger partial charge in [0.1, 0.15) is 0 Å². The van der Waals surface area contributed by atoms with E-state index in [0.717, 1.165) is 6.42 Å². The summed E-state index contributed by atoms with van der Waals surface area (Å²) in [7, 11) is 9.65. The summed E-state index contributed by atoms with van der Waals surface area (Å²) in [5.41, 5.74) is 10.6. The second-order valence-corrected chi connectivity index (χ2v) is 8.47. The molecule has 1 nitrogen and oxygen atoms in total. The average molecular weight is 389 g/mol. The predicted molar refractivity (Wildman–Crippen MR) is 100 cm³/mol. The molecule has 1 aromatic carbocycles. The molecule has 1 atom stereocenters. The number of hydrogen-bond acceptors (Lipinski definition) is 0. The Labute approximate surface area is 155 Å². The van der Waals surface area contributed by atoms with Crippen LogP contribution in [0.25, 0.3) is 11.3 Å². The van der Waals surface area contributed by atoms with Gasteiger partial charge in [0.2, 0.25) is 0 Å². The van der Waals surface area contributed by atoms with Gasteiger partial charge in [-0.3, -0.25) is 0 Å². The fraction of sp³-hybridized carbons (Fsp3) is 0.368. The van der Waals surface area contributed by atoms with Crippen LogP contribution in [0.5, 0.6) is 0 Å². The van der Waals surface area contributed by atoms with Crippen LogP contribution in [0.3, 0.4) is 0 Å².